The van der Waals surface area contributed by atoms with E-state index in [0.717, 1.165) is 16.1 Å². The van der Waals surface area contributed by atoms with Gasteiger partial charge in [-0.3, -0.25) is 15.1 Å². The lowest BCUT2D eigenvalue weighted by molar-refractivity contribution is -0.385. The third-order valence-corrected chi connectivity index (χ3v) is 7.20. The molecule has 0 saturated heterocycles. The minimum absolute atomic E-state index is 0.0464. The van der Waals surface area contributed by atoms with Gasteiger partial charge in [0.1, 0.15) is 0 Å². The van der Waals surface area contributed by atoms with Gasteiger partial charge in [0.2, 0.25) is 11.6 Å². The van der Waals surface area contributed by atoms with Crippen LogP contribution in [0.3, 0.4) is 0 Å². The molecule has 2 heterocycles. The zero-order valence-electron chi connectivity index (χ0n) is 19.8. The van der Waals surface area contributed by atoms with Crippen molar-refractivity contribution in [2.45, 2.75) is 57.9 Å². The Morgan fingerprint density at radius 1 is 1.11 bits per heavy atom. The van der Waals surface area contributed by atoms with Crippen molar-refractivity contribution < 1.29 is 14.4 Å². The summed E-state index contributed by atoms with van der Waals surface area (Å²) in [5.74, 6) is 1.48. The lowest BCUT2D eigenvalue weighted by atomic mass is 9.84. The van der Waals surface area contributed by atoms with Gasteiger partial charge >= 0.3 is 0 Å². The van der Waals surface area contributed by atoms with E-state index in [0.29, 0.717) is 23.0 Å². The molecule has 182 valence electrons. The monoisotopic (exact) mass is 492 g/mol. The van der Waals surface area contributed by atoms with Crippen molar-refractivity contribution in [3.63, 3.8) is 0 Å². The molecule has 5 rings (SSSR count). The second-order valence-electron chi connectivity index (χ2n) is 9.16. The number of hydrogen-bond donors (Lipinski definition) is 0. The zero-order chi connectivity index (χ0) is 24.4. The Balaban J connectivity index is 1.53. The van der Waals surface area contributed by atoms with Gasteiger partial charge in [0.15, 0.2) is 11.5 Å². The number of ether oxygens (including phenoxy) is 2. The lowest BCUT2D eigenvalue weighted by Gasteiger charge is -2.22. The number of hydrogen-bond acceptors (Lipinski definition) is 7. The Kier molecular flexibility index (Phi) is 6.68. The van der Waals surface area contributed by atoms with Crippen molar-refractivity contribution >= 4 is 23.2 Å². The number of aromatic nitrogens is 1. The van der Waals surface area contributed by atoms with Gasteiger partial charge < -0.3 is 9.47 Å². The molecule has 1 fully saturated rings. The summed E-state index contributed by atoms with van der Waals surface area (Å²) in [4.78, 5) is 16.7. The Morgan fingerprint density at radius 2 is 1.83 bits per heavy atom. The number of benzene rings is 2. The van der Waals surface area contributed by atoms with E-state index in [2.05, 4.69) is 29.4 Å². The Labute approximate surface area is 207 Å². The van der Waals surface area contributed by atoms with Crippen LogP contribution < -0.4 is 14.3 Å². The van der Waals surface area contributed by atoms with Crippen LogP contribution in [0.1, 0.15) is 63.0 Å². The lowest BCUT2D eigenvalue weighted by Crippen LogP contribution is -2.14. The molecule has 0 amide bonds. The molecule has 1 aliphatic heterocycles. The zero-order valence-corrected chi connectivity index (χ0v) is 20.7. The SMILES string of the molecule is CC(C)N=c1scc(-c2ccc(C3CCCCC3)cc2)n1N=Cc1cc2c(cc1[N+](=O)[O-])OCO2. The molecule has 0 N–H and O–H groups in total. The van der Waals surface area contributed by atoms with Gasteiger partial charge in [-0.1, -0.05) is 43.5 Å². The van der Waals surface area contributed by atoms with Crippen molar-refractivity contribution in [3.05, 3.63) is 67.8 Å². The van der Waals surface area contributed by atoms with Crippen molar-refractivity contribution in [1.29, 1.82) is 0 Å². The molecule has 1 aromatic heterocycles. The summed E-state index contributed by atoms with van der Waals surface area (Å²) < 4.78 is 12.5. The van der Waals surface area contributed by atoms with Crippen LogP contribution in [0.5, 0.6) is 11.5 Å². The largest absolute Gasteiger partial charge is 0.454 e. The van der Waals surface area contributed by atoms with E-state index in [4.69, 9.17) is 14.5 Å². The van der Waals surface area contributed by atoms with Crippen molar-refractivity contribution in [2.75, 3.05) is 6.79 Å². The van der Waals surface area contributed by atoms with Gasteiger partial charge in [-0.05, 0) is 44.2 Å². The second kappa shape index (κ2) is 10.0. The van der Waals surface area contributed by atoms with Crippen LogP contribution in [0, 0.1) is 10.1 Å². The summed E-state index contributed by atoms with van der Waals surface area (Å²) >= 11 is 1.50. The first-order valence-corrected chi connectivity index (χ1v) is 12.8. The molecule has 3 aromatic rings. The van der Waals surface area contributed by atoms with Gasteiger partial charge in [0.05, 0.1) is 28.5 Å². The van der Waals surface area contributed by atoms with E-state index in [9.17, 15) is 10.1 Å². The average molecular weight is 493 g/mol. The molecular weight excluding hydrogens is 464 g/mol. The van der Waals surface area contributed by atoms with Crippen LogP contribution in [-0.2, 0) is 0 Å². The summed E-state index contributed by atoms with van der Waals surface area (Å²) in [6, 6.07) is 11.8. The predicted octanol–water partition coefficient (Wildman–Crippen LogP) is 6.09. The Hall–Kier alpha value is -3.46. The molecule has 8 nitrogen and oxygen atoms in total. The summed E-state index contributed by atoms with van der Waals surface area (Å²) in [6.45, 7) is 4.06. The van der Waals surface area contributed by atoms with E-state index >= 15 is 0 Å². The molecule has 35 heavy (non-hydrogen) atoms. The second-order valence-corrected chi connectivity index (χ2v) is 10.00. The maximum atomic E-state index is 11.7. The van der Waals surface area contributed by atoms with Crippen molar-refractivity contribution in [2.24, 2.45) is 10.1 Å². The summed E-state index contributed by atoms with van der Waals surface area (Å²) in [6.07, 6.45) is 7.95. The van der Waals surface area contributed by atoms with Gasteiger partial charge in [-0.25, -0.2) is 4.68 Å². The van der Waals surface area contributed by atoms with E-state index in [1.165, 1.54) is 61.3 Å². The maximum absolute atomic E-state index is 11.7. The summed E-state index contributed by atoms with van der Waals surface area (Å²) in [7, 11) is 0. The van der Waals surface area contributed by atoms with E-state index < -0.39 is 4.92 Å². The smallest absolute Gasteiger partial charge is 0.282 e. The summed E-state index contributed by atoms with van der Waals surface area (Å²) in [5, 5.41) is 18.4. The molecule has 0 atom stereocenters. The van der Waals surface area contributed by atoms with Gasteiger partial charge in [-0.15, -0.1) is 11.3 Å². The fourth-order valence-corrected chi connectivity index (χ4v) is 5.58. The number of fused-ring (bicyclic) bond motifs is 1. The highest BCUT2D eigenvalue weighted by Gasteiger charge is 2.23. The molecule has 2 aromatic carbocycles. The normalized spacial score (nSPS) is 16.5. The Morgan fingerprint density at radius 3 is 2.51 bits per heavy atom. The molecule has 1 aliphatic carbocycles. The third kappa shape index (κ3) is 5.00. The van der Waals surface area contributed by atoms with Crippen molar-refractivity contribution in [1.82, 2.24) is 4.68 Å². The topological polar surface area (TPSA) is 91.2 Å². The predicted molar refractivity (Wildman–Crippen MR) is 136 cm³/mol. The first kappa shape index (κ1) is 23.3. The van der Waals surface area contributed by atoms with Crippen LogP contribution in [0.4, 0.5) is 5.69 Å². The van der Waals surface area contributed by atoms with Crippen LogP contribution in [-0.4, -0.2) is 28.6 Å². The molecule has 1 saturated carbocycles. The molecule has 9 heteroatoms. The minimum Gasteiger partial charge on any atom is -0.454 e. The van der Waals surface area contributed by atoms with E-state index in [1.54, 1.807) is 10.7 Å². The number of nitro benzene ring substituents is 1. The van der Waals surface area contributed by atoms with Gasteiger partial charge in [-0.2, -0.15) is 5.10 Å². The minimum atomic E-state index is -0.439. The molecule has 0 bridgehead atoms. The van der Waals surface area contributed by atoms with Crippen molar-refractivity contribution in [3.8, 4) is 22.8 Å². The molecule has 0 radical (unpaired) electrons. The fraction of sp³-hybridized carbons (Fsp3) is 0.385. The highest BCUT2D eigenvalue weighted by atomic mass is 32.1. The highest BCUT2D eigenvalue weighted by molar-refractivity contribution is 7.07. The third-order valence-electron chi connectivity index (χ3n) is 6.37. The first-order chi connectivity index (χ1) is 17.0. The van der Waals surface area contributed by atoms with Crippen LogP contribution >= 0.6 is 11.3 Å². The van der Waals surface area contributed by atoms with E-state index in [-0.39, 0.29) is 18.5 Å². The van der Waals surface area contributed by atoms with Crippen LogP contribution in [0.2, 0.25) is 0 Å². The number of thiazole rings is 1. The maximum Gasteiger partial charge on any atom is 0.282 e. The fourth-order valence-electron chi connectivity index (χ4n) is 4.61. The van der Waals surface area contributed by atoms with E-state index in [1.807, 2.05) is 19.2 Å². The molecule has 0 unspecified atom stereocenters. The number of rotatable bonds is 6. The van der Waals surface area contributed by atoms with Gasteiger partial charge in [0, 0.05) is 17.0 Å². The highest BCUT2D eigenvalue weighted by Crippen LogP contribution is 2.37. The standard InChI is InChI=1S/C26H28N4O4S/c1-17(2)28-26-29(27-14-21-12-24-25(34-16-33-24)13-22(21)30(31)32)23(15-35-26)20-10-8-19(9-11-20)18-6-4-3-5-7-18/h8-15,17-18H,3-7,16H2,1-2H3. The average Bonchev–Trinajstić information content (AvgIpc) is 3.48. The summed E-state index contributed by atoms with van der Waals surface area (Å²) in [5.41, 5.74) is 3.57. The van der Waals surface area contributed by atoms with Gasteiger partial charge in [0.25, 0.3) is 5.69 Å². The first-order valence-electron chi connectivity index (χ1n) is 12.0. The molecule has 0 spiro atoms. The number of nitrogens with zero attached hydrogens (tertiary/aromatic N) is 4. The molecule has 2 aliphatic rings. The number of nitro groups is 1. The quantitative estimate of drug-likeness (QED) is 0.236. The molecular formula is C26H28N4O4S. The van der Waals surface area contributed by atoms with Crippen LogP contribution in [0.15, 0.2) is 51.9 Å². The Bertz CT molecular complexity index is 1320. The van der Waals surface area contributed by atoms with Crippen LogP contribution in [0.25, 0.3) is 11.3 Å².